The molecular weight excluding hydrogens is 174 g/mol. The van der Waals surface area contributed by atoms with Gasteiger partial charge in [0.05, 0.1) is 6.10 Å². The van der Waals surface area contributed by atoms with Crippen molar-refractivity contribution in [3.63, 3.8) is 0 Å². The molecule has 0 aromatic carbocycles. The van der Waals surface area contributed by atoms with Crippen LogP contribution in [0.25, 0.3) is 0 Å². The van der Waals surface area contributed by atoms with Crippen LogP contribution in [0.5, 0.6) is 0 Å². The topological polar surface area (TPSA) is 21.3 Å². The molecule has 0 heterocycles. The van der Waals surface area contributed by atoms with Crippen molar-refractivity contribution < 1.29 is 4.74 Å². The number of nitrogens with one attached hydrogen (secondary N) is 1. The Hall–Kier alpha value is -0.0800. The fourth-order valence-electron chi connectivity index (χ4n) is 2.57. The monoisotopic (exact) mass is 197 g/mol. The fourth-order valence-corrected chi connectivity index (χ4v) is 2.57. The van der Waals surface area contributed by atoms with Gasteiger partial charge in [-0.05, 0) is 44.6 Å². The molecule has 2 aliphatic carbocycles. The number of rotatable bonds is 5. The summed E-state index contributed by atoms with van der Waals surface area (Å²) in [6.45, 7) is 1.20. The fraction of sp³-hybridized carbons (Fsp3) is 1.00. The van der Waals surface area contributed by atoms with Crippen LogP contribution in [0, 0.1) is 5.92 Å². The summed E-state index contributed by atoms with van der Waals surface area (Å²) in [5.41, 5.74) is 0. The number of ether oxygens (including phenoxy) is 1. The molecule has 0 aromatic rings. The predicted molar refractivity (Wildman–Crippen MR) is 58.4 cm³/mol. The maximum absolute atomic E-state index is 5.55. The van der Waals surface area contributed by atoms with Crippen molar-refractivity contribution in [1.29, 1.82) is 0 Å². The molecule has 2 fully saturated rings. The molecule has 2 rings (SSSR count). The summed E-state index contributed by atoms with van der Waals surface area (Å²) >= 11 is 0. The lowest BCUT2D eigenvalue weighted by molar-refractivity contribution is 0.0205. The molecule has 1 N–H and O–H groups in total. The molecule has 0 aliphatic heterocycles. The van der Waals surface area contributed by atoms with E-state index < -0.39 is 0 Å². The van der Waals surface area contributed by atoms with Gasteiger partial charge >= 0.3 is 0 Å². The SMILES string of the molecule is COC1CCCCC1CCNC1CC1. The third-order valence-electron chi connectivity index (χ3n) is 3.67. The van der Waals surface area contributed by atoms with Gasteiger partial charge in [0.15, 0.2) is 0 Å². The van der Waals surface area contributed by atoms with Gasteiger partial charge in [-0.2, -0.15) is 0 Å². The largest absolute Gasteiger partial charge is 0.381 e. The Balaban J connectivity index is 1.64. The minimum Gasteiger partial charge on any atom is -0.381 e. The van der Waals surface area contributed by atoms with E-state index in [2.05, 4.69) is 5.32 Å². The molecule has 2 saturated carbocycles. The summed E-state index contributed by atoms with van der Waals surface area (Å²) in [5.74, 6) is 0.819. The highest BCUT2D eigenvalue weighted by Crippen LogP contribution is 2.29. The Bertz CT molecular complexity index is 168. The standard InChI is InChI=1S/C12H23NO/c1-14-12-5-3-2-4-10(12)8-9-13-11-6-7-11/h10-13H,2-9H2,1H3. The highest BCUT2D eigenvalue weighted by Gasteiger charge is 2.25. The van der Waals surface area contributed by atoms with E-state index in [4.69, 9.17) is 4.74 Å². The second kappa shape index (κ2) is 5.13. The van der Waals surface area contributed by atoms with Gasteiger partial charge in [-0.25, -0.2) is 0 Å². The summed E-state index contributed by atoms with van der Waals surface area (Å²) in [6.07, 6.45) is 10.1. The van der Waals surface area contributed by atoms with E-state index >= 15 is 0 Å². The van der Waals surface area contributed by atoms with E-state index in [1.54, 1.807) is 0 Å². The molecule has 0 saturated heterocycles. The van der Waals surface area contributed by atoms with Crippen LogP contribution < -0.4 is 5.32 Å². The molecule has 82 valence electrons. The number of methoxy groups -OCH3 is 1. The van der Waals surface area contributed by atoms with Crippen LogP contribution in [0.2, 0.25) is 0 Å². The Morgan fingerprint density at radius 1 is 1.14 bits per heavy atom. The van der Waals surface area contributed by atoms with Crippen molar-refractivity contribution in [2.75, 3.05) is 13.7 Å². The molecular formula is C12H23NO. The Labute approximate surface area is 87.4 Å². The molecule has 2 nitrogen and oxygen atoms in total. The van der Waals surface area contributed by atoms with Gasteiger partial charge in [0.25, 0.3) is 0 Å². The molecule has 0 aromatic heterocycles. The predicted octanol–water partition coefficient (Wildman–Crippen LogP) is 2.33. The van der Waals surface area contributed by atoms with Crippen LogP contribution in [0.3, 0.4) is 0 Å². The zero-order valence-corrected chi connectivity index (χ0v) is 9.30. The van der Waals surface area contributed by atoms with Gasteiger partial charge in [0, 0.05) is 13.2 Å². The van der Waals surface area contributed by atoms with Gasteiger partial charge in [0.1, 0.15) is 0 Å². The third-order valence-corrected chi connectivity index (χ3v) is 3.67. The van der Waals surface area contributed by atoms with Crippen LogP contribution in [-0.4, -0.2) is 25.8 Å². The van der Waals surface area contributed by atoms with Crippen LogP contribution >= 0.6 is 0 Å². The van der Waals surface area contributed by atoms with Crippen LogP contribution in [-0.2, 0) is 4.74 Å². The molecule has 2 heteroatoms. The highest BCUT2D eigenvalue weighted by molar-refractivity contribution is 4.82. The second-order valence-corrected chi connectivity index (χ2v) is 4.84. The van der Waals surface area contributed by atoms with E-state index in [1.807, 2.05) is 7.11 Å². The van der Waals surface area contributed by atoms with E-state index in [1.165, 1.54) is 51.5 Å². The maximum Gasteiger partial charge on any atom is 0.0600 e. The molecule has 0 amide bonds. The Morgan fingerprint density at radius 2 is 1.93 bits per heavy atom. The summed E-state index contributed by atoms with van der Waals surface area (Å²) < 4.78 is 5.55. The maximum atomic E-state index is 5.55. The average Bonchev–Trinajstić information content (AvgIpc) is 3.03. The molecule has 14 heavy (non-hydrogen) atoms. The zero-order valence-electron chi connectivity index (χ0n) is 9.30. The summed E-state index contributed by atoms with van der Waals surface area (Å²) in [7, 11) is 1.87. The van der Waals surface area contributed by atoms with Crippen LogP contribution in [0.1, 0.15) is 44.9 Å². The van der Waals surface area contributed by atoms with Gasteiger partial charge in [-0.15, -0.1) is 0 Å². The van der Waals surface area contributed by atoms with Crippen molar-refractivity contribution in [2.45, 2.75) is 57.1 Å². The quantitative estimate of drug-likeness (QED) is 0.730. The first-order valence-corrected chi connectivity index (χ1v) is 6.16. The minimum absolute atomic E-state index is 0.546. The van der Waals surface area contributed by atoms with E-state index in [0.29, 0.717) is 6.10 Å². The zero-order chi connectivity index (χ0) is 9.80. The normalized spacial score (nSPS) is 33.2. The van der Waals surface area contributed by atoms with Gasteiger partial charge < -0.3 is 10.1 Å². The van der Waals surface area contributed by atoms with E-state index in [0.717, 1.165) is 12.0 Å². The van der Waals surface area contributed by atoms with Crippen molar-refractivity contribution in [3.05, 3.63) is 0 Å². The minimum atomic E-state index is 0.546. The first-order valence-electron chi connectivity index (χ1n) is 6.16. The van der Waals surface area contributed by atoms with Crippen LogP contribution in [0.15, 0.2) is 0 Å². The molecule has 2 atom stereocenters. The lowest BCUT2D eigenvalue weighted by Gasteiger charge is -2.30. The molecule has 2 unspecified atom stereocenters. The second-order valence-electron chi connectivity index (χ2n) is 4.84. The van der Waals surface area contributed by atoms with Crippen LogP contribution in [0.4, 0.5) is 0 Å². The summed E-state index contributed by atoms with van der Waals surface area (Å²) in [6, 6.07) is 0.861. The number of hydrogen-bond donors (Lipinski definition) is 1. The summed E-state index contributed by atoms with van der Waals surface area (Å²) in [5, 5.41) is 3.59. The van der Waals surface area contributed by atoms with Gasteiger partial charge in [0.2, 0.25) is 0 Å². The molecule has 0 spiro atoms. The van der Waals surface area contributed by atoms with Gasteiger partial charge in [-0.1, -0.05) is 12.8 Å². The average molecular weight is 197 g/mol. The number of hydrogen-bond acceptors (Lipinski definition) is 2. The van der Waals surface area contributed by atoms with Crippen molar-refractivity contribution in [1.82, 2.24) is 5.32 Å². The van der Waals surface area contributed by atoms with Crippen molar-refractivity contribution in [3.8, 4) is 0 Å². The molecule has 0 bridgehead atoms. The first-order chi connectivity index (χ1) is 6.90. The van der Waals surface area contributed by atoms with Crippen molar-refractivity contribution >= 4 is 0 Å². The van der Waals surface area contributed by atoms with Gasteiger partial charge in [-0.3, -0.25) is 0 Å². The third kappa shape index (κ3) is 2.96. The molecule has 0 radical (unpaired) electrons. The lowest BCUT2D eigenvalue weighted by Crippen LogP contribution is -2.30. The smallest absolute Gasteiger partial charge is 0.0600 e. The lowest BCUT2D eigenvalue weighted by atomic mass is 9.84. The first kappa shape index (κ1) is 10.4. The van der Waals surface area contributed by atoms with Crippen molar-refractivity contribution in [2.24, 2.45) is 5.92 Å². The van der Waals surface area contributed by atoms with E-state index in [9.17, 15) is 0 Å². The summed E-state index contributed by atoms with van der Waals surface area (Å²) in [4.78, 5) is 0. The van der Waals surface area contributed by atoms with E-state index in [-0.39, 0.29) is 0 Å². The molecule has 2 aliphatic rings. The Kier molecular flexibility index (Phi) is 3.82. The Morgan fingerprint density at radius 3 is 2.64 bits per heavy atom. The highest BCUT2D eigenvalue weighted by atomic mass is 16.5.